The first-order chi connectivity index (χ1) is 15.3. The molecule has 1 heterocycles. The van der Waals surface area contributed by atoms with Gasteiger partial charge in [-0.25, -0.2) is 0 Å². The molecule has 5 aromatic rings. The van der Waals surface area contributed by atoms with E-state index < -0.39 is 5.41 Å². The molecule has 0 saturated carbocycles. The van der Waals surface area contributed by atoms with Gasteiger partial charge in [0.15, 0.2) is 0 Å². The molecule has 0 bridgehead atoms. The summed E-state index contributed by atoms with van der Waals surface area (Å²) in [6, 6.07) is 37.0. The number of halogens is 1. The molecule has 31 heavy (non-hydrogen) atoms. The van der Waals surface area contributed by atoms with Crippen LogP contribution in [0.4, 0.5) is 0 Å². The largest absolute Gasteiger partial charge is 0.456 e. The first-order valence-corrected chi connectivity index (χ1v) is 11.3. The molecule has 1 nitrogen and oxygen atoms in total. The van der Waals surface area contributed by atoms with Crippen LogP contribution < -0.4 is 4.74 Å². The zero-order valence-electron chi connectivity index (χ0n) is 16.6. The molecule has 5 aromatic carbocycles. The molecule has 1 aliphatic carbocycles. The summed E-state index contributed by atoms with van der Waals surface area (Å²) in [5.74, 6) is 1.87. The van der Waals surface area contributed by atoms with Crippen molar-refractivity contribution in [1.82, 2.24) is 0 Å². The SMILES string of the molecule is Brc1ccc2c(c1)C1(c3ccccc3-c3ccccc31)c1ccc3ccccc3c1O2. The fraction of sp³-hybridized carbons (Fsp3) is 0.0345. The minimum absolute atomic E-state index is 0.413. The highest BCUT2D eigenvalue weighted by molar-refractivity contribution is 9.10. The molecular weight excluding hydrogens is 444 g/mol. The van der Waals surface area contributed by atoms with Gasteiger partial charge in [0, 0.05) is 21.0 Å². The predicted molar refractivity (Wildman–Crippen MR) is 129 cm³/mol. The highest BCUT2D eigenvalue weighted by atomic mass is 79.9. The Kier molecular flexibility index (Phi) is 3.40. The third-order valence-electron chi connectivity index (χ3n) is 6.79. The van der Waals surface area contributed by atoms with E-state index in [0.717, 1.165) is 21.4 Å². The van der Waals surface area contributed by atoms with Crippen LogP contribution in [-0.2, 0) is 5.41 Å². The number of ether oxygens (including phenoxy) is 1. The smallest absolute Gasteiger partial charge is 0.140 e. The van der Waals surface area contributed by atoms with E-state index in [1.165, 1.54) is 38.8 Å². The Labute approximate surface area is 189 Å². The summed E-state index contributed by atoms with van der Waals surface area (Å²) >= 11 is 3.72. The van der Waals surface area contributed by atoms with Crippen LogP contribution in [0.5, 0.6) is 11.5 Å². The lowest BCUT2D eigenvalue weighted by atomic mass is 9.66. The molecule has 0 N–H and O–H groups in total. The summed E-state index contributed by atoms with van der Waals surface area (Å²) in [5.41, 5.74) is 7.20. The zero-order valence-corrected chi connectivity index (χ0v) is 18.2. The van der Waals surface area contributed by atoms with Gasteiger partial charge in [0.05, 0.1) is 5.41 Å². The Morgan fingerprint density at radius 3 is 2.03 bits per heavy atom. The molecule has 1 aliphatic heterocycles. The zero-order chi connectivity index (χ0) is 20.6. The van der Waals surface area contributed by atoms with Gasteiger partial charge in [0.1, 0.15) is 11.5 Å². The normalized spacial score (nSPS) is 14.5. The molecule has 2 heteroatoms. The van der Waals surface area contributed by atoms with E-state index >= 15 is 0 Å². The number of benzene rings is 5. The van der Waals surface area contributed by atoms with Crippen molar-refractivity contribution in [1.29, 1.82) is 0 Å². The standard InChI is InChI=1S/C29H17BrO/c30-19-14-16-27-26(17-19)29(25-15-13-18-7-1-2-8-20(18)28(25)31-27)23-11-5-3-9-21(23)22-10-4-6-12-24(22)29/h1-17H. The summed E-state index contributed by atoms with van der Waals surface area (Å²) in [6.07, 6.45) is 0. The summed E-state index contributed by atoms with van der Waals surface area (Å²) < 4.78 is 7.70. The maximum absolute atomic E-state index is 6.64. The minimum Gasteiger partial charge on any atom is -0.456 e. The van der Waals surface area contributed by atoms with E-state index in [9.17, 15) is 0 Å². The van der Waals surface area contributed by atoms with Gasteiger partial charge in [-0.15, -0.1) is 0 Å². The van der Waals surface area contributed by atoms with Crippen LogP contribution in [0.3, 0.4) is 0 Å². The fourth-order valence-corrected chi connectivity index (χ4v) is 5.96. The van der Waals surface area contributed by atoms with E-state index in [4.69, 9.17) is 4.74 Å². The first-order valence-electron chi connectivity index (χ1n) is 10.5. The van der Waals surface area contributed by atoms with Crippen molar-refractivity contribution < 1.29 is 4.74 Å². The predicted octanol–water partition coefficient (Wildman–Crippen LogP) is 8.07. The van der Waals surface area contributed by atoms with Crippen molar-refractivity contribution in [3.05, 3.63) is 130 Å². The van der Waals surface area contributed by atoms with Gasteiger partial charge in [-0.2, -0.15) is 0 Å². The van der Waals surface area contributed by atoms with E-state index in [2.05, 4.69) is 119 Å². The molecular formula is C29H17BrO. The number of hydrogen-bond donors (Lipinski definition) is 0. The lowest BCUT2D eigenvalue weighted by molar-refractivity contribution is 0.441. The van der Waals surface area contributed by atoms with Crippen LogP contribution in [0.1, 0.15) is 22.3 Å². The Morgan fingerprint density at radius 2 is 1.26 bits per heavy atom. The Bertz CT molecular complexity index is 1490. The summed E-state index contributed by atoms with van der Waals surface area (Å²) in [5, 5.41) is 2.34. The van der Waals surface area contributed by atoms with E-state index in [1.807, 2.05) is 0 Å². The second-order valence-corrected chi connectivity index (χ2v) is 9.16. The van der Waals surface area contributed by atoms with E-state index in [-0.39, 0.29) is 0 Å². The summed E-state index contributed by atoms with van der Waals surface area (Å²) in [7, 11) is 0. The molecule has 0 radical (unpaired) electrons. The van der Waals surface area contributed by atoms with Crippen molar-refractivity contribution in [3.63, 3.8) is 0 Å². The molecule has 0 saturated heterocycles. The Hall–Kier alpha value is -3.36. The van der Waals surface area contributed by atoms with Crippen LogP contribution in [0.2, 0.25) is 0 Å². The van der Waals surface area contributed by atoms with Crippen LogP contribution in [0.25, 0.3) is 21.9 Å². The van der Waals surface area contributed by atoms with Crippen LogP contribution in [0, 0.1) is 0 Å². The molecule has 0 fully saturated rings. The highest BCUT2D eigenvalue weighted by Gasteiger charge is 2.51. The molecule has 146 valence electrons. The van der Waals surface area contributed by atoms with Gasteiger partial charge in [0.25, 0.3) is 0 Å². The van der Waals surface area contributed by atoms with Crippen molar-refractivity contribution in [2.24, 2.45) is 0 Å². The molecule has 1 spiro atoms. The second kappa shape index (κ2) is 6.09. The molecule has 7 rings (SSSR count). The van der Waals surface area contributed by atoms with Gasteiger partial charge in [0.2, 0.25) is 0 Å². The topological polar surface area (TPSA) is 9.23 Å². The van der Waals surface area contributed by atoms with E-state index in [0.29, 0.717) is 0 Å². The maximum atomic E-state index is 6.64. The average molecular weight is 461 g/mol. The summed E-state index contributed by atoms with van der Waals surface area (Å²) in [6.45, 7) is 0. The van der Waals surface area contributed by atoms with Gasteiger partial charge in [-0.05, 0) is 45.8 Å². The van der Waals surface area contributed by atoms with Gasteiger partial charge in [-0.3, -0.25) is 0 Å². The Morgan fingerprint density at radius 1 is 0.581 bits per heavy atom. The molecule has 2 aliphatic rings. The van der Waals surface area contributed by atoms with Crippen LogP contribution >= 0.6 is 15.9 Å². The van der Waals surface area contributed by atoms with Gasteiger partial charge in [-0.1, -0.05) is 101 Å². The quantitative estimate of drug-likeness (QED) is 0.222. The maximum Gasteiger partial charge on any atom is 0.140 e. The van der Waals surface area contributed by atoms with Gasteiger partial charge >= 0.3 is 0 Å². The lowest BCUT2D eigenvalue weighted by Crippen LogP contribution is -2.32. The number of fused-ring (bicyclic) bond motifs is 11. The average Bonchev–Trinajstić information content (AvgIpc) is 3.11. The van der Waals surface area contributed by atoms with Crippen molar-refractivity contribution >= 4 is 26.7 Å². The van der Waals surface area contributed by atoms with Crippen LogP contribution in [-0.4, -0.2) is 0 Å². The summed E-state index contributed by atoms with van der Waals surface area (Å²) in [4.78, 5) is 0. The lowest BCUT2D eigenvalue weighted by Gasteiger charge is -2.40. The van der Waals surface area contributed by atoms with Gasteiger partial charge < -0.3 is 4.74 Å². The van der Waals surface area contributed by atoms with Crippen molar-refractivity contribution in [3.8, 4) is 22.6 Å². The monoisotopic (exact) mass is 460 g/mol. The van der Waals surface area contributed by atoms with Crippen molar-refractivity contribution in [2.45, 2.75) is 5.41 Å². The second-order valence-electron chi connectivity index (χ2n) is 8.25. The fourth-order valence-electron chi connectivity index (χ4n) is 5.60. The molecule has 0 amide bonds. The third kappa shape index (κ3) is 2.11. The molecule has 0 aromatic heterocycles. The first kappa shape index (κ1) is 17.3. The van der Waals surface area contributed by atoms with Crippen LogP contribution in [0.15, 0.2) is 108 Å². The molecule has 0 atom stereocenters. The highest BCUT2D eigenvalue weighted by Crippen LogP contribution is 2.63. The number of rotatable bonds is 0. The van der Waals surface area contributed by atoms with E-state index in [1.54, 1.807) is 0 Å². The number of hydrogen-bond acceptors (Lipinski definition) is 1. The van der Waals surface area contributed by atoms with Crippen molar-refractivity contribution in [2.75, 3.05) is 0 Å². The Balaban J connectivity index is 1.73. The molecule has 0 unspecified atom stereocenters. The third-order valence-corrected chi connectivity index (χ3v) is 7.29. The minimum atomic E-state index is -0.413.